The van der Waals surface area contributed by atoms with Crippen molar-refractivity contribution in [3.8, 4) is 11.8 Å². The average molecular weight is 467 g/mol. The molecule has 3 aromatic rings. The van der Waals surface area contributed by atoms with E-state index in [1.165, 1.54) is 12.1 Å². The van der Waals surface area contributed by atoms with Crippen molar-refractivity contribution in [3.05, 3.63) is 95.1 Å². The van der Waals surface area contributed by atoms with Crippen molar-refractivity contribution in [2.45, 2.75) is 12.8 Å². The molecule has 1 aliphatic rings. The monoisotopic (exact) mass is 467 g/mol. The minimum Gasteiger partial charge on any atom is -0.465 e. The number of hydrogen-bond acceptors (Lipinski definition) is 5. The Kier molecular flexibility index (Phi) is 6.88. The number of carbonyl (C=O) groups is 4. The van der Waals surface area contributed by atoms with Gasteiger partial charge in [0.2, 0.25) is 11.8 Å². The number of nitrogens with zero attached hydrogens (tertiary/aromatic N) is 1. The van der Waals surface area contributed by atoms with Gasteiger partial charge in [0.15, 0.2) is 0 Å². The van der Waals surface area contributed by atoms with Crippen molar-refractivity contribution in [2.24, 2.45) is 0 Å². The first-order valence-electron chi connectivity index (χ1n) is 10.8. The largest absolute Gasteiger partial charge is 0.465 e. The van der Waals surface area contributed by atoms with Crippen molar-refractivity contribution in [1.82, 2.24) is 5.43 Å². The number of nitrogens with one attached hydrogen (secondary N) is 2. The van der Waals surface area contributed by atoms with E-state index in [4.69, 9.17) is 4.74 Å². The number of anilines is 2. The van der Waals surface area contributed by atoms with Crippen molar-refractivity contribution in [2.75, 3.05) is 17.4 Å². The highest BCUT2D eigenvalue weighted by atomic mass is 16.5. The summed E-state index contributed by atoms with van der Waals surface area (Å²) in [5.41, 5.74) is 5.71. The van der Waals surface area contributed by atoms with Crippen molar-refractivity contribution in [3.63, 3.8) is 0 Å². The first-order chi connectivity index (χ1) is 16.9. The van der Waals surface area contributed by atoms with Crippen LogP contribution >= 0.6 is 0 Å². The molecular weight excluding hydrogens is 446 g/mol. The molecule has 174 valence electrons. The van der Waals surface area contributed by atoms with Crippen LogP contribution in [0.25, 0.3) is 0 Å². The van der Waals surface area contributed by atoms with Gasteiger partial charge in [-0.15, -0.1) is 0 Å². The van der Waals surface area contributed by atoms with Crippen LogP contribution in [-0.2, 0) is 14.3 Å². The Bertz CT molecular complexity index is 1370. The second-order valence-corrected chi connectivity index (χ2v) is 7.67. The fourth-order valence-corrected chi connectivity index (χ4v) is 3.41. The predicted octanol–water partition coefficient (Wildman–Crippen LogP) is 3.28. The highest BCUT2D eigenvalue weighted by Gasteiger charge is 2.24. The van der Waals surface area contributed by atoms with E-state index >= 15 is 0 Å². The van der Waals surface area contributed by atoms with Crippen LogP contribution < -0.4 is 15.8 Å². The molecule has 4 rings (SSSR count). The van der Waals surface area contributed by atoms with Gasteiger partial charge in [0.25, 0.3) is 5.91 Å². The fourth-order valence-electron chi connectivity index (χ4n) is 3.41. The molecule has 3 amide bonds. The molecule has 3 aromatic carbocycles. The number of hydrogen-bond donors (Lipinski definition) is 2. The molecule has 1 aliphatic heterocycles. The lowest BCUT2D eigenvalue weighted by Crippen LogP contribution is -2.50. The number of benzene rings is 3. The number of rotatable bonds is 4. The Morgan fingerprint density at radius 2 is 1.57 bits per heavy atom. The Hall–Kier alpha value is -4.90. The van der Waals surface area contributed by atoms with Gasteiger partial charge in [-0.1, -0.05) is 24.0 Å². The average Bonchev–Trinajstić information content (AvgIpc) is 2.89. The molecule has 8 heteroatoms. The van der Waals surface area contributed by atoms with E-state index < -0.39 is 5.97 Å². The first-order valence-corrected chi connectivity index (χ1v) is 10.8. The third-order valence-corrected chi connectivity index (χ3v) is 5.19. The van der Waals surface area contributed by atoms with Gasteiger partial charge in [-0.05, 0) is 60.7 Å². The summed E-state index contributed by atoms with van der Waals surface area (Å²) in [6, 6.07) is 20.3. The Balaban J connectivity index is 1.44. The van der Waals surface area contributed by atoms with E-state index in [9.17, 15) is 19.2 Å². The van der Waals surface area contributed by atoms with Crippen LogP contribution in [0.15, 0.2) is 72.8 Å². The van der Waals surface area contributed by atoms with Crippen molar-refractivity contribution in [1.29, 1.82) is 0 Å². The van der Waals surface area contributed by atoms with Gasteiger partial charge < -0.3 is 10.1 Å². The lowest BCUT2D eigenvalue weighted by molar-refractivity contribution is -0.130. The van der Waals surface area contributed by atoms with E-state index in [0.29, 0.717) is 33.6 Å². The van der Waals surface area contributed by atoms with E-state index in [0.717, 1.165) is 0 Å². The third kappa shape index (κ3) is 5.72. The molecule has 0 bridgehead atoms. The maximum absolute atomic E-state index is 12.7. The van der Waals surface area contributed by atoms with Gasteiger partial charge in [0.1, 0.15) is 0 Å². The number of esters is 1. The van der Waals surface area contributed by atoms with Crippen LogP contribution in [0.1, 0.15) is 44.7 Å². The molecule has 0 aromatic heterocycles. The highest BCUT2D eigenvalue weighted by Crippen LogP contribution is 2.19. The summed E-state index contributed by atoms with van der Waals surface area (Å²) < 4.78 is 4.73. The van der Waals surface area contributed by atoms with E-state index in [-0.39, 0.29) is 30.6 Å². The fraction of sp³-hybridized carbons (Fsp3) is 0.111. The zero-order valence-electron chi connectivity index (χ0n) is 18.8. The molecule has 0 unspecified atom stereocenters. The molecule has 1 saturated heterocycles. The zero-order valence-corrected chi connectivity index (χ0v) is 18.8. The van der Waals surface area contributed by atoms with Crippen molar-refractivity contribution >= 4 is 35.1 Å². The summed E-state index contributed by atoms with van der Waals surface area (Å²) in [6.45, 7) is 0. The maximum atomic E-state index is 12.7. The molecule has 1 heterocycles. The number of hydrazine groups is 1. The molecule has 2 N–H and O–H groups in total. The van der Waals surface area contributed by atoms with Crippen LogP contribution in [0, 0.1) is 11.8 Å². The normalized spacial score (nSPS) is 12.8. The number of amides is 3. The third-order valence-electron chi connectivity index (χ3n) is 5.19. The zero-order chi connectivity index (χ0) is 24.8. The lowest BCUT2D eigenvalue weighted by atomic mass is 10.1. The van der Waals surface area contributed by atoms with Gasteiger partial charge in [0.05, 0.1) is 18.4 Å². The Morgan fingerprint density at radius 3 is 2.29 bits per heavy atom. The lowest BCUT2D eigenvalue weighted by Gasteiger charge is -2.27. The number of ether oxygens (including phenoxy) is 1. The van der Waals surface area contributed by atoms with E-state index in [1.807, 2.05) is 6.07 Å². The molecule has 0 radical (unpaired) electrons. The molecule has 0 saturated carbocycles. The Morgan fingerprint density at radius 1 is 0.886 bits per heavy atom. The van der Waals surface area contributed by atoms with Crippen LogP contribution in [-0.4, -0.2) is 30.8 Å². The quantitative estimate of drug-likeness (QED) is 0.453. The van der Waals surface area contributed by atoms with E-state index in [2.05, 4.69) is 22.6 Å². The molecule has 0 spiro atoms. The van der Waals surface area contributed by atoms with Gasteiger partial charge in [-0.25, -0.2) is 9.80 Å². The topological polar surface area (TPSA) is 105 Å². The van der Waals surface area contributed by atoms with Crippen LogP contribution in [0.3, 0.4) is 0 Å². The highest BCUT2D eigenvalue weighted by molar-refractivity contribution is 6.05. The van der Waals surface area contributed by atoms with Gasteiger partial charge >= 0.3 is 5.97 Å². The summed E-state index contributed by atoms with van der Waals surface area (Å²) in [5.74, 6) is 4.82. The maximum Gasteiger partial charge on any atom is 0.337 e. The molecule has 0 aliphatic carbocycles. The molecule has 1 fully saturated rings. The number of methoxy groups -OCH3 is 1. The van der Waals surface area contributed by atoms with Crippen LogP contribution in [0.2, 0.25) is 0 Å². The first kappa shape index (κ1) is 23.3. The minimum atomic E-state index is -0.432. The molecular formula is C27H21N3O5. The molecule has 0 atom stereocenters. The number of carbonyl (C=O) groups excluding carboxylic acids is 4. The Labute approximate surface area is 201 Å². The summed E-state index contributed by atoms with van der Waals surface area (Å²) in [7, 11) is 1.32. The minimum absolute atomic E-state index is 0.143. The van der Waals surface area contributed by atoms with Gasteiger partial charge in [0, 0.05) is 35.2 Å². The van der Waals surface area contributed by atoms with Gasteiger partial charge in [-0.3, -0.25) is 19.8 Å². The van der Waals surface area contributed by atoms with Crippen LogP contribution in [0.4, 0.5) is 11.4 Å². The molecule has 35 heavy (non-hydrogen) atoms. The standard InChI is InChI=1S/C27H21N3O5/c1-35-27(34)21-6-2-4-18(16-21)8-9-19-5-3-7-22(17-19)28-26(33)20-10-12-23(13-11-20)30-25(32)15-14-24(31)29-30/h2-7,10-13,16-17H,14-15H2,1H3,(H,28,33)(H,29,31). The second-order valence-electron chi connectivity index (χ2n) is 7.67. The van der Waals surface area contributed by atoms with Gasteiger partial charge in [-0.2, -0.15) is 0 Å². The predicted molar refractivity (Wildman–Crippen MR) is 129 cm³/mol. The summed E-state index contributed by atoms with van der Waals surface area (Å²) in [5, 5.41) is 4.02. The molecule has 8 nitrogen and oxygen atoms in total. The van der Waals surface area contributed by atoms with Crippen LogP contribution in [0.5, 0.6) is 0 Å². The van der Waals surface area contributed by atoms with E-state index in [1.54, 1.807) is 66.7 Å². The summed E-state index contributed by atoms with van der Waals surface area (Å²) in [6.07, 6.45) is 0.309. The van der Waals surface area contributed by atoms with Crippen molar-refractivity contribution < 1.29 is 23.9 Å². The summed E-state index contributed by atoms with van der Waals surface area (Å²) >= 11 is 0. The second kappa shape index (κ2) is 10.4. The summed E-state index contributed by atoms with van der Waals surface area (Å²) in [4.78, 5) is 48.0. The smallest absolute Gasteiger partial charge is 0.337 e. The SMILES string of the molecule is COC(=O)c1cccc(C#Cc2cccc(NC(=O)c3ccc(N4NC(=O)CCC4=O)cc3)c2)c1.